The van der Waals surface area contributed by atoms with Crippen LogP contribution in [0.4, 0.5) is 8.78 Å². The molecule has 20 heavy (non-hydrogen) atoms. The standard InChI is InChI=1S/C17H11ClF2/c18-16-10-7-14(8-11-16)12-15(17(19)20)9-6-13-4-2-1-3-5-13/h1-5,7-8,10-12,17H/b15-12-. The van der Waals surface area contributed by atoms with Crippen LogP contribution in [-0.2, 0) is 0 Å². The smallest absolute Gasteiger partial charge is 0.204 e. The van der Waals surface area contributed by atoms with E-state index < -0.39 is 6.43 Å². The first-order chi connectivity index (χ1) is 9.65. The van der Waals surface area contributed by atoms with Gasteiger partial charge < -0.3 is 0 Å². The molecule has 2 aromatic rings. The van der Waals surface area contributed by atoms with E-state index in [-0.39, 0.29) is 5.57 Å². The van der Waals surface area contributed by atoms with Gasteiger partial charge in [0.15, 0.2) is 0 Å². The fraction of sp³-hybridized carbons (Fsp3) is 0.0588. The fourth-order valence-electron chi connectivity index (χ4n) is 1.56. The maximum Gasteiger partial charge on any atom is 0.271 e. The lowest BCUT2D eigenvalue weighted by Gasteiger charge is -1.99. The Balaban J connectivity index is 2.28. The zero-order chi connectivity index (χ0) is 14.4. The van der Waals surface area contributed by atoms with Crippen molar-refractivity contribution >= 4 is 17.7 Å². The van der Waals surface area contributed by atoms with Crippen LogP contribution in [0.3, 0.4) is 0 Å². The Labute approximate surface area is 121 Å². The Morgan fingerprint density at radius 2 is 1.65 bits per heavy atom. The number of halogens is 3. The van der Waals surface area contributed by atoms with Crippen LogP contribution in [-0.4, -0.2) is 6.43 Å². The second-order valence-electron chi connectivity index (χ2n) is 4.07. The first-order valence-corrected chi connectivity index (χ1v) is 6.35. The molecule has 0 nitrogen and oxygen atoms in total. The maximum absolute atomic E-state index is 13.0. The molecule has 100 valence electrons. The van der Waals surface area contributed by atoms with Crippen LogP contribution in [0.15, 0.2) is 60.2 Å². The second-order valence-corrected chi connectivity index (χ2v) is 4.50. The van der Waals surface area contributed by atoms with E-state index in [1.807, 2.05) is 18.2 Å². The summed E-state index contributed by atoms with van der Waals surface area (Å²) in [6.45, 7) is 0. The van der Waals surface area contributed by atoms with Gasteiger partial charge in [-0.15, -0.1) is 0 Å². The number of hydrogen-bond donors (Lipinski definition) is 0. The molecule has 0 aliphatic rings. The van der Waals surface area contributed by atoms with Crippen LogP contribution in [0, 0.1) is 11.8 Å². The molecule has 0 heterocycles. The average molecular weight is 289 g/mol. The van der Waals surface area contributed by atoms with Crippen LogP contribution in [0.5, 0.6) is 0 Å². The van der Waals surface area contributed by atoms with Gasteiger partial charge in [0.25, 0.3) is 6.43 Å². The van der Waals surface area contributed by atoms with Crippen LogP contribution in [0.1, 0.15) is 11.1 Å². The molecule has 0 N–H and O–H groups in total. The van der Waals surface area contributed by atoms with Crippen molar-refractivity contribution in [1.29, 1.82) is 0 Å². The first-order valence-electron chi connectivity index (χ1n) is 5.97. The molecule has 0 saturated heterocycles. The molecule has 0 bridgehead atoms. The van der Waals surface area contributed by atoms with Crippen LogP contribution >= 0.6 is 11.6 Å². The average Bonchev–Trinajstić information content (AvgIpc) is 2.46. The summed E-state index contributed by atoms with van der Waals surface area (Å²) in [6, 6.07) is 15.7. The molecule has 0 fully saturated rings. The third kappa shape index (κ3) is 4.22. The highest BCUT2D eigenvalue weighted by molar-refractivity contribution is 6.30. The SMILES string of the molecule is FC(F)/C(C#Cc1ccccc1)=C\c1ccc(Cl)cc1. The van der Waals surface area contributed by atoms with Gasteiger partial charge in [0.05, 0.1) is 5.57 Å². The minimum absolute atomic E-state index is 0.212. The molecule has 2 aromatic carbocycles. The summed E-state index contributed by atoms with van der Waals surface area (Å²) in [5, 5.41) is 0.566. The van der Waals surface area contributed by atoms with Gasteiger partial charge in [0.2, 0.25) is 0 Å². The van der Waals surface area contributed by atoms with Crippen molar-refractivity contribution in [3.05, 3.63) is 76.3 Å². The minimum atomic E-state index is -2.61. The van der Waals surface area contributed by atoms with Crippen molar-refractivity contribution in [3.63, 3.8) is 0 Å². The number of hydrogen-bond acceptors (Lipinski definition) is 0. The van der Waals surface area contributed by atoms with E-state index in [1.54, 1.807) is 36.4 Å². The molecule has 0 atom stereocenters. The van der Waals surface area contributed by atoms with Gasteiger partial charge >= 0.3 is 0 Å². The molecule has 0 unspecified atom stereocenters. The van der Waals surface area contributed by atoms with Gasteiger partial charge in [0.1, 0.15) is 0 Å². The van der Waals surface area contributed by atoms with Gasteiger partial charge in [-0.05, 0) is 35.9 Å². The summed E-state index contributed by atoms with van der Waals surface area (Å²) in [7, 11) is 0. The quantitative estimate of drug-likeness (QED) is 0.679. The van der Waals surface area contributed by atoms with Gasteiger partial charge in [-0.3, -0.25) is 0 Å². The zero-order valence-corrected chi connectivity index (χ0v) is 11.2. The predicted molar refractivity (Wildman–Crippen MR) is 78.8 cm³/mol. The third-order valence-electron chi connectivity index (χ3n) is 2.55. The van der Waals surface area contributed by atoms with Crippen molar-refractivity contribution in [2.75, 3.05) is 0 Å². The highest BCUT2D eigenvalue weighted by Gasteiger charge is 2.08. The van der Waals surface area contributed by atoms with E-state index in [4.69, 9.17) is 11.6 Å². The molecule has 0 saturated carbocycles. The molecule has 0 spiro atoms. The van der Waals surface area contributed by atoms with Crippen molar-refractivity contribution in [2.45, 2.75) is 6.43 Å². The molecule has 0 aliphatic heterocycles. The third-order valence-corrected chi connectivity index (χ3v) is 2.80. The Morgan fingerprint density at radius 1 is 1.00 bits per heavy atom. The maximum atomic E-state index is 13.0. The molecule has 3 heteroatoms. The highest BCUT2D eigenvalue weighted by atomic mass is 35.5. The summed E-state index contributed by atoms with van der Waals surface area (Å²) in [6.07, 6.45) is -1.24. The van der Waals surface area contributed by atoms with Gasteiger partial charge in [-0.2, -0.15) is 0 Å². The Kier molecular flexibility index (Phi) is 4.92. The van der Waals surface area contributed by atoms with E-state index in [1.165, 1.54) is 6.08 Å². The lowest BCUT2D eigenvalue weighted by Crippen LogP contribution is -1.94. The Morgan fingerprint density at radius 3 is 2.25 bits per heavy atom. The van der Waals surface area contributed by atoms with Gasteiger partial charge in [-0.1, -0.05) is 53.8 Å². The van der Waals surface area contributed by atoms with Gasteiger partial charge in [-0.25, -0.2) is 8.78 Å². The summed E-state index contributed by atoms with van der Waals surface area (Å²) >= 11 is 5.76. The lowest BCUT2D eigenvalue weighted by atomic mass is 10.1. The molecular formula is C17H11ClF2. The fourth-order valence-corrected chi connectivity index (χ4v) is 1.68. The van der Waals surface area contributed by atoms with Crippen LogP contribution in [0.2, 0.25) is 5.02 Å². The highest BCUT2D eigenvalue weighted by Crippen LogP contribution is 2.16. The lowest BCUT2D eigenvalue weighted by molar-refractivity contribution is 0.196. The molecular weight excluding hydrogens is 278 g/mol. The summed E-state index contributed by atoms with van der Waals surface area (Å²) in [5.41, 5.74) is 1.14. The molecule has 0 radical (unpaired) electrons. The van der Waals surface area contributed by atoms with Crippen molar-refractivity contribution in [3.8, 4) is 11.8 Å². The summed E-state index contributed by atoms with van der Waals surface area (Å²) in [4.78, 5) is 0. The van der Waals surface area contributed by atoms with Gasteiger partial charge in [0, 0.05) is 10.6 Å². The largest absolute Gasteiger partial charge is 0.271 e. The number of allylic oxidation sites excluding steroid dienone is 1. The van der Waals surface area contributed by atoms with E-state index in [0.717, 1.165) is 0 Å². The number of benzene rings is 2. The Hall–Kier alpha value is -2.11. The van der Waals surface area contributed by atoms with E-state index in [9.17, 15) is 8.78 Å². The van der Waals surface area contributed by atoms with E-state index in [2.05, 4.69) is 11.8 Å². The first kappa shape index (κ1) is 14.3. The molecule has 0 aliphatic carbocycles. The normalized spacial score (nSPS) is 11.1. The number of alkyl halides is 2. The van der Waals surface area contributed by atoms with E-state index in [0.29, 0.717) is 16.1 Å². The molecule has 0 aromatic heterocycles. The Bertz CT molecular complexity index is 647. The summed E-state index contributed by atoms with van der Waals surface area (Å²) in [5.74, 6) is 5.26. The molecule has 0 amide bonds. The second kappa shape index (κ2) is 6.88. The molecule has 2 rings (SSSR count). The van der Waals surface area contributed by atoms with Crippen LogP contribution in [0.25, 0.3) is 6.08 Å². The minimum Gasteiger partial charge on any atom is -0.204 e. The number of rotatable bonds is 2. The monoisotopic (exact) mass is 288 g/mol. The summed E-state index contributed by atoms with van der Waals surface area (Å²) < 4.78 is 25.9. The van der Waals surface area contributed by atoms with E-state index >= 15 is 0 Å². The predicted octanol–water partition coefficient (Wildman–Crippen LogP) is 5.04. The van der Waals surface area contributed by atoms with Crippen molar-refractivity contribution in [2.24, 2.45) is 0 Å². The topological polar surface area (TPSA) is 0 Å². The van der Waals surface area contributed by atoms with Crippen molar-refractivity contribution < 1.29 is 8.78 Å². The van der Waals surface area contributed by atoms with Crippen LogP contribution < -0.4 is 0 Å². The zero-order valence-electron chi connectivity index (χ0n) is 10.5. The van der Waals surface area contributed by atoms with Crippen molar-refractivity contribution in [1.82, 2.24) is 0 Å².